The second-order valence-corrected chi connectivity index (χ2v) is 7.09. The summed E-state index contributed by atoms with van der Waals surface area (Å²) < 4.78 is 31.2. The molecule has 1 aliphatic heterocycles. The van der Waals surface area contributed by atoms with E-state index < -0.39 is 24.1 Å². The first-order valence-electron chi connectivity index (χ1n) is 8.15. The second kappa shape index (κ2) is 6.31. The number of benzene rings is 1. The smallest absolute Gasteiger partial charge is 0.467 e. The summed E-state index contributed by atoms with van der Waals surface area (Å²) in [5.41, 5.74) is -0.620. The predicted octanol–water partition coefficient (Wildman–Crippen LogP) is 2.65. The van der Waals surface area contributed by atoms with Crippen LogP contribution in [0, 0.1) is 5.82 Å². The molecular weight excluding hydrogens is 324 g/mol. The number of furan rings is 1. The van der Waals surface area contributed by atoms with Gasteiger partial charge in [0.15, 0.2) is 0 Å². The van der Waals surface area contributed by atoms with Crippen LogP contribution in [-0.2, 0) is 15.9 Å². The van der Waals surface area contributed by atoms with Crippen LogP contribution in [-0.4, -0.2) is 24.2 Å². The number of rotatable bonds is 4. The first kappa shape index (κ1) is 17.7. The second-order valence-electron chi connectivity index (χ2n) is 7.09. The lowest BCUT2D eigenvalue weighted by molar-refractivity contribution is 0.00578. The third-order valence-corrected chi connectivity index (χ3v) is 4.77. The number of amides is 1. The number of hydrogen-bond donors (Lipinski definition) is 1. The zero-order chi connectivity index (χ0) is 18.2. The minimum Gasteiger partial charge on any atom is -0.467 e. The van der Waals surface area contributed by atoms with Crippen molar-refractivity contribution in [3.63, 3.8) is 0 Å². The van der Waals surface area contributed by atoms with Gasteiger partial charge in [0.25, 0.3) is 5.91 Å². The van der Waals surface area contributed by atoms with E-state index in [1.165, 1.54) is 24.5 Å². The van der Waals surface area contributed by atoms with Gasteiger partial charge in [-0.1, -0.05) is 0 Å². The highest BCUT2D eigenvalue weighted by Crippen LogP contribution is 2.36. The van der Waals surface area contributed by atoms with Gasteiger partial charge in [-0.2, -0.15) is 0 Å². The minimum atomic E-state index is -0.858. The zero-order valence-corrected chi connectivity index (χ0v) is 14.8. The molecule has 1 aliphatic rings. The van der Waals surface area contributed by atoms with Crippen LogP contribution in [0.2, 0.25) is 0 Å². The van der Waals surface area contributed by atoms with Crippen molar-refractivity contribution in [3.8, 4) is 0 Å². The van der Waals surface area contributed by atoms with Gasteiger partial charge in [-0.15, -0.1) is 0 Å². The third kappa shape index (κ3) is 3.48. The van der Waals surface area contributed by atoms with Crippen molar-refractivity contribution < 1.29 is 22.9 Å². The van der Waals surface area contributed by atoms with Crippen molar-refractivity contribution in [3.05, 3.63) is 53.7 Å². The molecule has 5 nitrogen and oxygen atoms in total. The van der Waals surface area contributed by atoms with Crippen LogP contribution in [0.1, 0.15) is 43.8 Å². The molecule has 0 atom stereocenters. The molecule has 3 rings (SSSR count). The quantitative estimate of drug-likeness (QED) is 0.866. The molecule has 1 N–H and O–H groups in total. The van der Waals surface area contributed by atoms with Gasteiger partial charge in [0.05, 0.1) is 24.0 Å². The molecule has 0 unspecified atom stereocenters. The van der Waals surface area contributed by atoms with E-state index in [-0.39, 0.29) is 17.9 Å². The summed E-state index contributed by atoms with van der Waals surface area (Å²) in [6, 6.07) is 7.66. The topological polar surface area (TPSA) is 60.7 Å². The molecule has 0 spiro atoms. The Morgan fingerprint density at radius 1 is 1.16 bits per heavy atom. The van der Waals surface area contributed by atoms with E-state index in [2.05, 4.69) is 5.32 Å². The molecule has 0 aliphatic carbocycles. The monoisotopic (exact) mass is 345 g/mol. The summed E-state index contributed by atoms with van der Waals surface area (Å²) >= 11 is 0. The number of hydrogen-bond acceptors (Lipinski definition) is 4. The Hall–Kier alpha value is -2.12. The van der Waals surface area contributed by atoms with Crippen LogP contribution in [0.4, 0.5) is 4.39 Å². The predicted molar refractivity (Wildman–Crippen MR) is 92.0 cm³/mol. The van der Waals surface area contributed by atoms with Crippen LogP contribution in [0.5, 0.6) is 0 Å². The van der Waals surface area contributed by atoms with Gasteiger partial charge in [0.2, 0.25) is 0 Å². The summed E-state index contributed by atoms with van der Waals surface area (Å²) in [5, 5.41) is 2.73. The van der Waals surface area contributed by atoms with E-state index in [0.717, 1.165) is 0 Å². The normalized spacial score (nSPS) is 18.4. The molecule has 2 aromatic rings. The lowest BCUT2D eigenvalue weighted by Gasteiger charge is -2.32. The Labute approximate surface area is 146 Å². The largest absolute Gasteiger partial charge is 0.497 e. The number of nitrogens with one attached hydrogen (secondary N) is 1. The Morgan fingerprint density at radius 2 is 1.84 bits per heavy atom. The summed E-state index contributed by atoms with van der Waals surface area (Å²) in [6.45, 7) is 7.83. The molecule has 1 aromatic heterocycles. The van der Waals surface area contributed by atoms with E-state index in [9.17, 15) is 9.18 Å². The number of carbonyl (C=O) groups excluding carboxylic acids is 1. The lowest BCUT2D eigenvalue weighted by atomic mass is 9.78. The molecule has 2 heterocycles. The van der Waals surface area contributed by atoms with E-state index >= 15 is 0 Å². The van der Waals surface area contributed by atoms with Crippen LogP contribution in [0.15, 0.2) is 41.0 Å². The highest BCUT2D eigenvalue weighted by molar-refractivity contribution is 6.62. The third-order valence-electron chi connectivity index (χ3n) is 4.77. The molecule has 1 aromatic carbocycles. The van der Waals surface area contributed by atoms with Crippen LogP contribution < -0.4 is 10.8 Å². The van der Waals surface area contributed by atoms with Crippen LogP contribution in [0.3, 0.4) is 0 Å². The molecule has 1 amide bonds. The first-order chi connectivity index (χ1) is 11.7. The Morgan fingerprint density at radius 3 is 2.44 bits per heavy atom. The van der Waals surface area contributed by atoms with E-state index in [4.69, 9.17) is 13.7 Å². The van der Waals surface area contributed by atoms with Crippen molar-refractivity contribution in [1.82, 2.24) is 5.32 Å². The highest BCUT2D eigenvalue weighted by Gasteiger charge is 2.52. The van der Waals surface area contributed by atoms with Gasteiger partial charge in [-0.3, -0.25) is 4.79 Å². The summed E-state index contributed by atoms with van der Waals surface area (Å²) in [4.78, 5) is 12.3. The zero-order valence-electron chi connectivity index (χ0n) is 14.8. The van der Waals surface area contributed by atoms with Crippen molar-refractivity contribution >= 4 is 18.5 Å². The summed E-state index contributed by atoms with van der Waals surface area (Å²) in [5.74, 6) is -0.156. The molecule has 0 bridgehead atoms. The fourth-order valence-corrected chi connectivity index (χ4v) is 2.52. The Kier molecular flexibility index (Phi) is 4.47. The molecule has 1 fully saturated rings. The molecular formula is C18H21BFNO4. The summed E-state index contributed by atoms with van der Waals surface area (Å²) in [7, 11) is -0.858. The average Bonchev–Trinajstić information content (AvgIpc) is 3.11. The lowest BCUT2D eigenvalue weighted by Crippen LogP contribution is -2.41. The Balaban J connectivity index is 1.78. The SMILES string of the molecule is CC1(C)OB(c2cc(C(=O)NCc3ccco3)ccc2F)OC1(C)C. The van der Waals surface area contributed by atoms with Gasteiger partial charge in [-0.05, 0) is 58.0 Å². The molecule has 0 saturated carbocycles. The van der Waals surface area contributed by atoms with Crippen LogP contribution >= 0.6 is 0 Å². The fraction of sp³-hybridized carbons (Fsp3) is 0.389. The van der Waals surface area contributed by atoms with Crippen LogP contribution in [0.25, 0.3) is 0 Å². The van der Waals surface area contributed by atoms with Crippen molar-refractivity contribution in [1.29, 1.82) is 0 Å². The van der Waals surface area contributed by atoms with Gasteiger partial charge in [-0.25, -0.2) is 4.39 Å². The van der Waals surface area contributed by atoms with Gasteiger partial charge >= 0.3 is 7.12 Å². The molecule has 0 radical (unpaired) electrons. The molecule has 1 saturated heterocycles. The van der Waals surface area contributed by atoms with Gasteiger partial charge in [0.1, 0.15) is 11.6 Å². The standard InChI is InChI=1S/C18H21BFNO4/c1-17(2)18(3,4)25-19(24-17)14-10-12(7-8-15(14)20)16(22)21-11-13-6-5-9-23-13/h5-10H,11H2,1-4H3,(H,21,22). The minimum absolute atomic E-state index is 0.212. The van der Waals surface area contributed by atoms with E-state index in [1.807, 2.05) is 27.7 Å². The molecule has 25 heavy (non-hydrogen) atoms. The molecule has 132 valence electrons. The maximum absolute atomic E-state index is 14.3. The maximum Gasteiger partial charge on any atom is 0.497 e. The van der Waals surface area contributed by atoms with E-state index in [1.54, 1.807) is 12.1 Å². The van der Waals surface area contributed by atoms with Crippen molar-refractivity contribution in [2.24, 2.45) is 0 Å². The van der Waals surface area contributed by atoms with Gasteiger partial charge in [0, 0.05) is 11.0 Å². The van der Waals surface area contributed by atoms with E-state index in [0.29, 0.717) is 11.3 Å². The van der Waals surface area contributed by atoms with Gasteiger partial charge < -0.3 is 19.0 Å². The maximum atomic E-state index is 14.3. The number of halogens is 1. The fourth-order valence-electron chi connectivity index (χ4n) is 2.52. The Bertz CT molecular complexity index is 757. The molecule has 7 heteroatoms. The van der Waals surface area contributed by atoms with Crippen molar-refractivity contribution in [2.45, 2.75) is 45.4 Å². The van der Waals surface area contributed by atoms with Crippen molar-refractivity contribution in [2.75, 3.05) is 0 Å². The number of carbonyl (C=O) groups is 1. The summed E-state index contributed by atoms with van der Waals surface area (Å²) in [6.07, 6.45) is 1.54. The first-order valence-corrected chi connectivity index (χ1v) is 8.15. The highest BCUT2D eigenvalue weighted by atomic mass is 19.1. The average molecular weight is 345 g/mol.